The molecule has 0 atom stereocenters. The largest absolute Gasteiger partial charge is 0.481 e. The first-order valence-electron chi connectivity index (χ1n) is 9.93. The Kier molecular flexibility index (Phi) is 7.10. The number of hydrogen-bond acceptors (Lipinski definition) is 7. The van der Waals surface area contributed by atoms with E-state index in [2.05, 4.69) is 30.8 Å². The maximum absolute atomic E-state index is 12.4. The lowest BCUT2D eigenvalue weighted by Crippen LogP contribution is -2.41. The van der Waals surface area contributed by atoms with Crippen molar-refractivity contribution in [2.45, 2.75) is 51.4 Å². The fraction of sp³-hybridized carbons (Fsp3) is 0.667. The van der Waals surface area contributed by atoms with Crippen molar-refractivity contribution in [3.63, 3.8) is 0 Å². The zero-order chi connectivity index (χ0) is 19.8. The Morgan fingerprint density at radius 2 is 1.86 bits per heavy atom. The fourth-order valence-corrected chi connectivity index (χ4v) is 3.47. The Labute approximate surface area is 163 Å². The lowest BCUT2D eigenvalue weighted by molar-refractivity contribution is -0.137. The van der Waals surface area contributed by atoms with Crippen LogP contribution in [0.4, 0.5) is 5.82 Å². The standard InChI is InChI=1S/C18H27N7O3/c26-17(27)6-4-2-1-3-5-11-19-18(28)14-9-12-24(13-10-14)16-8-7-15-20-22-23-25(15)21-16/h7-8,14H,1-6,9-13H2,(H,19,28)(H,26,27). The summed E-state index contributed by atoms with van der Waals surface area (Å²) in [5.74, 6) is 0.268. The topological polar surface area (TPSA) is 126 Å². The summed E-state index contributed by atoms with van der Waals surface area (Å²) in [4.78, 5) is 24.9. The van der Waals surface area contributed by atoms with Crippen molar-refractivity contribution in [1.82, 2.24) is 30.6 Å². The Bertz CT molecular complexity index is 786. The van der Waals surface area contributed by atoms with Gasteiger partial charge < -0.3 is 15.3 Å². The second-order valence-corrected chi connectivity index (χ2v) is 7.18. The number of nitrogens with one attached hydrogen (secondary N) is 1. The number of carboxylic acids is 1. The molecule has 2 aromatic rings. The second-order valence-electron chi connectivity index (χ2n) is 7.18. The van der Waals surface area contributed by atoms with Gasteiger partial charge in [0.05, 0.1) is 0 Å². The molecule has 10 nitrogen and oxygen atoms in total. The number of anilines is 1. The molecule has 2 aromatic heterocycles. The van der Waals surface area contributed by atoms with Crippen molar-refractivity contribution in [2.24, 2.45) is 5.92 Å². The molecular formula is C18H27N7O3. The second kappa shape index (κ2) is 9.95. The van der Waals surface area contributed by atoms with Gasteiger partial charge in [0.25, 0.3) is 0 Å². The molecule has 28 heavy (non-hydrogen) atoms. The number of piperidine rings is 1. The molecule has 1 saturated heterocycles. The highest BCUT2D eigenvalue weighted by Gasteiger charge is 2.25. The van der Waals surface area contributed by atoms with E-state index in [4.69, 9.17) is 5.11 Å². The van der Waals surface area contributed by atoms with E-state index >= 15 is 0 Å². The van der Waals surface area contributed by atoms with Gasteiger partial charge in [0.2, 0.25) is 5.91 Å². The van der Waals surface area contributed by atoms with Gasteiger partial charge in [0.15, 0.2) is 11.5 Å². The van der Waals surface area contributed by atoms with E-state index < -0.39 is 5.97 Å². The number of aliphatic carboxylic acids is 1. The SMILES string of the molecule is O=C(O)CCCCCCCNC(=O)C1CCN(c2ccc3nnnn3n2)CC1. The first-order chi connectivity index (χ1) is 13.6. The zero-order valence-corrected chi connectivity index (χ0v) is 16.0. The molecule has 0 saturated carbocycles. The number of fused-ring (bicyclic) bond motifs is 1. The lowest BCUT2D eigenvalue weighted by atomic mass is 9.96. The van der Waals surface area contributed by atoms with Crippen LogP contribution in [0.15, 0.2) is 12.1 Å². The van der Waals surface area contributed by atoms with Crippen LogP contribution in [0, 0.1) is 5.92 Å². The summed E-state index contributed by atoms with van der Waals surface area (Å²) in [7, 11) is 0. The summed E-state index contributed by atoms with van der Waals surface area (Å²) in [5, 5.41) is 27.3. The van der Waals surface area contributed by atoms with Gasteiger partial charge in [-0.15, -0.1) is 14.8 Å². The van der Waals surface area contributed by atoms with Crippen molar-refractivity contribution >= 4 is 23.3 Å². The Hall–Kier alpha value is -2.78. The molecule has 0 aromatic carbocycles. The van der Waals surface area contributed by atoms with Gasteiger partial charge in [-0.25, -0.2) is 0 Å². The molecule has 1 aliphatic heterocycles. The van der Waals surface area contributed by atoms with Crippen molar-refractivity contribution in [3.8, 4) is 0 Å². The molecule has 0 aliphatic carbocycles. The normalized spacial score (nSPS) is 15.1. The maximum atomic E-state index is 12.4. The number of carbonyl (C=O) groups excluding carboxylic acids is 1. The number of rotatable bonds is 10. The Morgan fingerprint density at radius 1 is 1.11 bits per heavy atom. The van der Waals surface area contributed by atoms with Crippen LogP contribution in [0.25, 0.3) is 5.65 Å². The van der Waals surface area contributed by atoms with Crippen LogP contribution in [0.1, 0.15) is 51.4 Å². The summed E-state index contributed by atoms with van der Waals surface area (Å²) < 4.78 is 1.41. The van der Waals surface area contributed by atoms with E-state index in [-0.39, 0.29) is 18.2 Å². The first kappa shape index (κ1) is 20.0. The molecule has 3 heterocycles. The fourth-order valence-electron chi connectivity index (χ4n) is 3.47. The number of carbonyl (C=O) groups is 2. The van der Waals surface area contributed by atoms with E-state index in [9.17, 15) is 9.59 Å². The van der Waals surface area contributed by atoms with Gasteiger partial charge in [0.1, 0.15) is 0 Å². The number of hydrogen-bond donors (Lipinski definition) is 2. The highest BCUT2D eigenvalue weighted by Crippen LogP contribution is 2.22. The van der Waals surface area contributed by atoms with Crippen LogP contribution in [0.5, 0.6) is 0 Å². The van der Waals surface area contributed by atoms with Gasteiger partial charge in [0, 0.05) is 32.0 Å². The quantitative estimate of drug-likeness (QED) is 0.582. The molecule has 1 amide bonds. The number of aromatic nitrogens is 5. The van der Waals surface area contributed by atoms with Gasteiger partial charge >= 0.3 is 5.97 Å². The van der Waals surface area contributed by atoms with Crippen molar-refractivity contribution in [1.29, 1.82) is 0 Å². The van der Waals surface area contributed by atoms with Crippen LogP contribution in [-0.2, 0) is 9.59 Å². The lowest BCUT2D eigenvalue weighted by Gasteiger charge is -2.31. The highest BCUT2D eigenvalue weighted by atomic mass is 16.4. The third-order valence-electron chi connectivity index (χ3n) is 5.11. The minimum absolute atomic E-state index is 0.0450. The first-order valence-corrected chi connectivity index (χ1v) is 9.93. The summed E-state index contributed by atoms with van der Waals surface area (Å²) in [6.45, 7) is 2.25. The smallest absolute Gasteiger partial charge is 0.303 e. The third kappa shape index (κ3) is 5.61. The molecule has 3 rings (SSSR count). The number of unbranched alkanes of at least 4 members (excludes halogenated alkanes) is 4. The van der Waals surface area contributed by atoms with Crippen LogP contribution in [0.2, 0.25) is 0 Å². The van der Waals surface area contributed by atoms with Crippen LogP contribution < -0.4 is 10.2 Å². The van der Waals surface area contributed by atoms with Crippen molar-refractivity contribution in [2.75, 3.05) is 24.5 Å². The molecule has 152 valence electrons. The average molecular weight is 389 g/mol. The predicted molar refractivity (Wildman–Crippen MR) is 102 cm³/mol. The highest BCUT2D eigenvalue weighted by molar-refractivity contribution is 5.78. The van der Waals surface area contributed by atoms with Crippen molar-refractivity contribution in [3.05, 3.63) is 12.1 Å². The van der Waals surface area contributed by atoms with E-state index in [1.165, 1.54) is 4.63 Å². The van der Waals surface area contributed by atoms with Gasteiger partial charge in [-0.05, 0) is 48.2 Å². The van der Waals surface area contributed by atoms with E-state index in [1.807, 2.05) is 12.1 Å². The maximum Gasteiger partial charge on any atom is 0.303 e. The zero-order valence-electron chi connectivity index (χ0n) is 16.0. The van der Waals surface area contributed by atoms with E-state index in [1.54, 1.807) is 0 Å². The van der Waals surface area contributed by atoms with Gasteiger partial charge in [-0.3, -0.25) is 9.59 Å². The average Bonchev–Trinajstić information content (AvgIpc) is 3.17. The van der Waals surface area contributed by atoms with Gasteiger partial charge in [-0.1, -0.05) is 19.3 Å². The molecule has 0 unspecified atom stereocenters. The summed E-state index contributed by atoms with van der Waals surface area (Å²) in [6, 6.07) is 3.74. The number of carboxylic acid groups (broad SMARTS) is 1. The Morgan fingerprint density at radius 3 is 2.64 bits per heavy atom. The molecule has 10 heteroatoms. The molecule has 1 fully saturated rings. The van der Waals surface area contributed by atoms with Crippen LogP contribution in [-0.4, -0.2) is 61.9 Å². The van der Waals surface area contributed by atoms with Crippen molar-refractivity contribution < 1.29 is 14.7 Å². The van der Waals surface area contributed by atoms with Gasteiger partial charge in [-0.2, -0.15) is 0 Å². The van der Waals surface area contributed by atoms with E-state index in [0.29, 0.717) is 12.2 Å². The van der Waals surface area contributed by atoms with Crippen LogP contribution >= 0.6 is 0 Å². The molecule has 0 bridgehead atoms. The monoisotopic (exact) mass is 389 g/mol. The van der Waals surface area contributed by atoms with E-state index in [0.717, 1.165) is 63.9 Å². The predicted octanol–water partition coefficient (Wildman–Crippen LogP) is 1.28. The molecular weight excluding hydrogens is 362 g/mol. The summed E-state index contributed by atoms with van der Waals surface area (Å²) >= 11 is 0. The third-order valence-corrected chi connectivity index (χ3v) is 5.11. The molecule has 0 spiro atoms. The minimum atomic E-state index is -0.731. The number of amides is 1. The Balaban J connectivity index is 1.31. The number of nitrogens with zero attached hydrogens (tertiary/aromatic N) is 6. The molecule has 1 aliphatic rings. The summed E-state index contributed by atoms with van der Waals surface area (Å²) in [5.41, 5.74) is 0.611. The number of tetrazole rings is 1. The van der Waals surface area contributed by atoms with Crippen LogP contribution in [0.3, 0.4) is 0 Å². The molecule has 0 radical (unpaired) electrons. The molecule has 2 N–H and O–H groups in total. The minimum Gasteiger partial charge on any atom is -0.481 e. The summed E-state index contributed by atoms with van der Waals surface area (Å²) in [6.07, 6.45) is 6.48.